The van der Waals surface area contributed by atoms with Crippen LogP contribution in [0.15, 0.2) is 30.7 Å². The van der Waals surface area contributed by atoms with Gasteiger partial charge in [-0.1, -0.05) is 0 Å². The van der Waals surface area contributed by atoms with Gasteiger partial charge < -0.3 is 9.55 Å². The number of imidazole rings is 1. The number of aromatic nitrogens is 5. The number of nitrogens with one attached hydrogen (secondary N) is 1. The highest BCUT2D eigenvalue weighted by atomic mass is 32.1. The average molecular weight is 273 g/mol. The third-order valence-corrected chi connectivity index (χ3v) is 3.52. The Hall–Kier alpha value is -1.95. The van der Waals surface area contributed by atoms with E-state index in [-0.39, 0.29) is 0 Å². The van der Waals surface area contributed by atoms with E-state index in [1.165, 1.54) is 5.56 Å². The SMILES string of the molecule is Cc1ccnc2c1[nH]c(=S)n2CCCn1cccn1. The van der Waals surface area contributed by atoms with Gasteiger partial charge in [-0.2, -0.15) is 5.10 Å². The summed E-state index contributed by atoms with van der Waals surface area (Å²) >= 11 is 5.37. The molecular formula is C13H15N5S. The molecule has 3 aromatic heterocycles. The zero-order valence-electron chi connectivity index (χ0n) is 10.7. The predicted octanol–water partition coefficient (Wildman–Crippen LogP) is 2.69. The maximum atomic E-state index is 5.37. The molecule has 0 fully saturated rings. The fourth-order valence-corrected chi connectivity index (χ4v) is 2.48. The molecule has 0 amide bonds. The molecule has 19 heavy (non-hydrogen) atoms. The molecule has 0 aliphatic rings. The molecule has 0 saturated heterocycles. The summed E-state index contributed by atoms with van der Waals surface area (Å²) in [4.78, 5) is 7.65. The highest BCUT2D eigenvalue weighted by Gasteiger charge is 2.07. The van der Waals surface area contributed by atoms with Crippen LogP contribution in [0.2, 0.25) is 0 Å². The second-order valence-corrected chi connectivity index (χ2v) is 4.92. The van der Waals surface area contributed by atoms with Crippen LogP contribution in [-0.4, -0.2) is 24.3 Å². The van der Waals surface area contributed by atoms with Crippen LogP contribution in [0, 0.1) is 11.7 Å². The minimum absolute atomic E-state index is 0.734. The van der Waals surface area contributed by atoms with Crippen LogP contribution in [0.4, 0.5) is 0 Å². The lowest BCUT2D eigenvalue weighted by molar-refractivity contribution is 0.529. The maximum Gasteiger partial charge on any atom is 0.179 e. The summed E-state index contributed by atoms with van der Waals surface area (Å²) in [5, 5.41) is 4.19. The molecule has 0 spiro atoms. The van der Waals surface area contributed by atoms with Crippen LogP contribution in [0.5, 0.6) is 0 Å². The molecule has 0 radical (unpaired) electrons. The maximum absolute atomic E-state index is 5.37. The van der Waals surface area contributed by atoms with Gasteiger partial charge in [0.25, 0.3) is 0 Å². The number of rotatable bonds is 4. The van der Waals surface area contributed by atoms with Crippen molar-refractivity contribution in [2.24, 2.45) is 0 Å². The quantitative estimate of drug-likeness (QED) is 0.744. The van der Waals surface area contributed by atoms with Crippen molar-refractivity contribution in [3.05, 3.63) is 41.1 Å². The molecule has 0 atom stereocenters. The van der Waals surface area contributed by atoms with Gasteiger partial charge >= 0.3 is 0 Å². The van der Waals surface area contributed by atoms with Crippen LogP contribution in [0.3, 0.4) is 0 Å². The first-order chi connectivity index (χ1) is 9.25. The molecule has 0 saturated carbocycles. The van der Waals surface area contributed by atoms with Crippen LogP contribution in [0.1, 0.15) is 12.0 Å². The summed E-state index contributed by atoms with van der Waals surface area (Å²) in [5.41, 5.74) is 3.14. The van der Waals surface area contributed by atoms with Gasteiger partial charge in [-0.3, -0.25) is 4.68 Å². The number of pyridine rings is 1. The fraction of sp³-hybridized carbons (Fsp3) is 0.308. The van der Waals surface area contributed by atoms with E-state index in [9.17, 15) is 0 Å². The van der Waals surface area contributed by atoms with Crippen molar-refractivity contribution >= 4 is 23.4 Å². The molecule has 0 aromatic carbocycles. The summed E-state index contributed by atoms with van der Waals surface area (Å²) in [7, 11) is 0. The van der Waals surface area contributed by atoms with Gasteiger partial charge in [0, 0.05) is 31.7 Å². The number of nitrogens with zero attached hydrogens (tertiary/aromatic N) is 4. The second kappa shape index (κ2) is 4.97. The first-order valence-electron chi connectivity index (χ1n) is 6.27. The predicted molar refractivity (Wildman–Crippen MR) is 76.5 cm³/mol. The van der Waals surface area contributed by atoms with Crippen molar-refractivity contribution in [1.82, 2.24) is 24.3 Å². The summed E-state index contributed by atoms with van der Waals surface area (Å²) in [5.74, 6) is 0. The van der Waals surface area contributed by atoms with Crippen LogP contribution >= 0.6 is 12.2 Å². The number of fused-ring (bicyclic) bond motifs is 1. The zero-order valence-corrected chi connectivity index (χ0v) is 11.5. The van der Waals surface area contributed by atoms with E-state index in [1.54, 1.807) is 6.20 Å². The van der Waals surface area contributed by atoms with E-state index >= 15 is 0 Å². The molecule has 3 aromatic rings. The zero-order chi connectivity index (χ0) is 13.2. The first kappa shape index (κ1) is 12.1. The monoisotopic (exact) mass is 273 g/mol. The lowest BCUT2D eigenvalue weighted by atomic mass is 10.3. The van der Waals surface area contributed by atoms with Gasteiger partial charge in [-0.05, 0) is 43.3 Å². The van der Waals surface area contributed by atoms with Crippen molar-refractivity contribution in [3.63, 3.8) is 0 Å². The van der Waals surface area contributed by atoms with Gasteiger partial charge in [0.2, 0.25) is 0 Å². The highest BCUT2D eigenvalue weighted by Crippen LogP contribution is 2.15. The molecule has 0 aliphatic heterocycles. The van der Waals surface area contributed by atoms with E-state index in [2.05, 4.69) is 26.6 Å². The number of hydrogen-bond donors (Lipinski definition) is 1. The normalized spacial score (nSPS) is 11.2. The van der Waals surface area contributed by atoms with Crippen LogP contribution < -0.4 is 0 Å². The molecule has 6 heteroatoms. The molecular weight excluding hydrogens is 258 g/mol. The van der Waals surface area contributed by atoms with Gasteiger partial charge in [0.05, 0.1) is 5.52 Å². The topological polar surface area (TPSA) is 51.4 Å². The van der Waals surface area contributed by atoms with Crippen molar-refractivity contribution in [2.45, 2.75) is 26.4 Å². The molecule has 5 nitrogen and oxygen atoms in total. The van der Waals surface area contributed by atoms with E-state index < -0.39 is 0 Å². The largest absolute Gasteiger partial charge is 0.329 e. The first-order valence-corrected chi connectivity index (χ1v) is 6.68. The Morgan fingerprint density at radius 2 is 2.21 bits per heavy atom. The Labute approximate surface area is 115 Å². The lowest BCUT2D eigenvalue weighted by Gasteiger charge is -2.04. The molecule has 0 unspecified atom stereocenters. The van der Waals surface area contributed by atoms with Gasteiger partial charge in [0.1, 0.15) is 0 Å². The minimum atomic E-state index is 0.734. The van der Waals surface area contributed by atoms with Gasteiger partial charge in [0.15, 0.2) is 10.4 Å². The van der Waals surface area contributed by atoms with Crippen LogP contribution in [0.25, 0.3) is 11.2 Å². The van der Waals surface area contributed by atoms with Crippen molar-refractivity contribution in [2.75, 3.05) is 0 Å². The number of aromatic amines is 1. The molecule has 1 N–H and O–H groups in total. The van der Waals surface area contributed by atoms with Crippen molar-refractivity contribution in [1.29, 1.82) is 0 Å². The van der Waals surface area contributed by atoms with Crippen molar-refractivity contribution in [3.8, 4) is 0 Å². The van der Waals surface area contributed by atoms with E-state index in [0.29, 0.717) is 0 Å². The number of hydrogen-bond acceptors (Lipinski definition) is 3. The Morgan fingerprint density at radius 1 is 1.32 bits per heavy atom. The number of aryl methyl sites for hydroxylation is 3. The Bertz CT molecular complexity index is 738. The van der Waals surface area contributed by atoms with Crippen molar-refractivity contribution < 1.29 is 0 Å². The van der Waals surface area contributed by atoms with E-state index in [4.69, 9.17) is 12.2 Å². The molecule has 3 heterocycles. The Morgan fingerprint density at radius 3 is 3.00 bits per heavy atom. The smallest absolute Gasteiger partial charge is 0.179 e. The highest BCUT2D eigenvalue weighted by molar-refractivity contribution is 7.71. The van der Waals surface area contributed by atoms with E-state index in [1.807, 2.05) is 29.2 Å². The van der Waals surface area contributed by atoms with Gasteiger partial charge in [-0.25, -0.2) is 4.98 Å². The third kappa shape index (κ3) is 2.31. The molecule has 3 rings (SSSR count). The third-order valence-electron chi connectivity index (χ3n) is 3.20. The summed E-state index contributed by atoms with van der Waals surface area (Å²) in [6.45, 7) is 3.78. The molecule has 0 aliphatic carbocycles. The second-order valence-electron chi connectivity index (χ2n) is 4.53. The number of H-pyrrole nitrogens is 1. The Balaban J connectivity index is 1.83. The summed E-state index contributed by atoms with van der Waals surface area (Å²) < 4.78 is 4.72. The molecule has 98 valence electrons. The fourth-order valence-electron chi connectivity index (χ4n) is 2.20. The summed E-state index contributed by atoms with van der Waals surface area (Å²) in [6, 6.07) is 3.92. The lowest BCUT2D eigenvalue weighted by Crippen LogP contribution is -2.05. The minimum Gasteiger partial charge on any atom is -0.329 e. The van der Waals surface area contributed by atoms with Gasteiger partial charge in [-0.15, -0.1) is 0 Å². The van der Waals surface area contributed by atoms with E-state index in [0.717, 1.165) is 35.4 Å². The summed E-state index contributed by atoms with van der Waals surface area (Å²) in [6.07, 6.45) is 6.56. The average Bonchev–Trinajstić information content (AvgIpc) is 3.00. The Kier molecular flexibility index (Phi) is 3.16. The molecule has 0 bridgehead atoms. The standard InChI is InChI=1S/C13H15N5S/c1-10-4-6-14-12-11(10)16-13(19)18(12)9-3-8-17-7-2-5-15-17/h2,4-7H,3,8-9H2,1H3,(H,16,19). The van der Waals surface area contributed by atoms with Crippen LogP contribution in [-0.2, 0) is 13.1 Å².